The molecule has 3 rings (SSSR count). The van der Waals surface area contributed by atoms with Crippen molar-refractivity contribution in [3.05, 3.63) is 59.7 Å². The fourth-order valence-electron chi connectivity index (χ4n) is 2.64. The molecule has 0 unspecified atom stereocenters. The van der Waals surface area contributed by atoms with Crippen molar-refractivity contribution in [2.75, 3.05) is 18.5 Å². The molecule has 0 aromatic heterocycles. The summed E-state index contributed by atoms with van der Waals surface area (Å²) in [5.74, 6) is 0. The number of fused-ring (bicyclic) bond motifs is 2. The first-order chi connectivity index (χ1) is 8.57. The first-order valence-electron chi connectivity index (χ1n) is 6.49. The average Bonchev–Trinajstić information content (AvgIpc) is 2.50. The number of hydrogen-bond donors (Lipinski definition) is 0. The van der Waals surface area contributed by atoms with Gasteiger partial charge in [-0.3, -0.25) is 0 Å². The van der Waals surface area contributed by atoms with Crippen LogP contribution >= 0.6 is 0 Å². The smallest absolute Gasteiger partial charge is 0.0446 e. The maximum Gasteiger partial charge on any atom is 0.0446 e. The molecule has 0 N–H and O–H groups in total. The lowest BCUT2D eigenvalue weighted by Crippen LogP contribution is -2.24. The molecule has 1 heteroatoms. The minimum absolute atomic E-state index is 0.144. The zero-order valence-electron chi connectivity index (χ0n) is 11.3. The molecule has 0 radical (unpaired) electrons. The first kappa shape index (κ1) is 11.3. The second kappa shape index (κ2) is 3.88. The van der Waals surface area contributed by atoms with Crippen LogP contribution in [0.25, 0.3) is 5.57 Å². The van der Waals surface area contributed by atoms with Crippen molar-refractivity contribution in [1.29, 1.82) is 0 Å². The van der Waals surface area contributed by atoms with Crippen LogP contribution in [0.4, 0.5) is 5.69 Å². The summed E-state index contributed by atoms with van der Waals surface area (Å²) < 4.78 is 0. The van der Waals surface area contributed by atoms with E-state index in [1.807, 2.05) is 0 Å². The van der Waals surface area contributed by atoms with Crippen LogP contribution in [-0.2, 0) is 0 Å². The number of rotatable bonds is 0. The third-order valence-corrected chi connectivity index (χ3v) is 3.75. The van der Waals surface area contributed by atoms with Crippen LogP contribution in [0.3, 0.4) is 0 Å². The maximum atomic E-state index is 2.32. The standard InChI is InChI=1S/C17H19N/c1-17(2)10-8-13-12-18(3)16-7-5-4-6-15(16)14(13)9-11-17/h4-11H,12H2,1-3H3. The number of likely N-dealkylation sites (N-methyl/N-ethyl adjacent to an activating group) is 1. The van der Waals surface area contributed by atoms with Crippen molar-refractivity contribution in [3.63, 3.8) is 0 Å². The molecule has 2 aliphatic rings. The Morgan fingerprint density at radius 2 is 1.78 bits per heavy atom. The second-order valence-corrected chi connectivity index (χ2v) is 5.80. The van der Waals surface area contributed by atoms with E-state index in [9.17, 15) is 0 Å². The van der Waals surface area contributed by atoms with E-state index in [1.54, 1.807) is 0 Å². The summed E-state index contributed by atoms with van der Waals surface area (Å²) in [4.78, 5) is 2.32. The third-order valence-electron chi connectivity index (χ3n) is 3.75. The topological polar surface area (TPSA) is 3.24 Å². The van der Waals surface area contributed by atoms with Crippen LogP contribution in [-0.4, -0.2) is 13.6 Å². The molecule has 0 saturated carbocycles. The van der Waals surface area contributed by atoms with Gasteiger partial charge >= 0.3 is 0 Å². The molecule has 18 heavy (non-hydrogen) atoms. The Morgan fingerprint density at radius 1 is 1.06 bits per heavy atom. The highest BCUT2D eigenvalue weighted by Crippen LogP contribution is 2.38. The number of benzene rings is 1. The van der Waals surface area contributed by atoms with E-state index in [4.69, 9.17) is 0 Å². The van der Waals surface area contributed by atoms with E-state index >= 15 is 0 Å². The van der Waals surface area contributed by atoms with Gasteiger partial charge in [-0.15, -0.1) is 0 Å². The summed E-state index contributed by atoms with van der Waals surface area (Å²) in [6.45, 7) is 5.48. The Labute approximate surface area is 109 Å². The van der Waals surface area contributed by atoms with Crippen LogP contribution in [0.2, 0.25) is 0 Å². The average molecular weight is 237 g/mol. The fourth-order valence-corrected chi connectivity index (χ4v) is 2.64. The third kappa shape index (κ3) is 1.80. The predicted octanol–water partition coefficient (Wildman–Crippen LogP) is 4.04. The highest BCUT2D eigenvalue weighted by atomic mass is 15.1. The number of hydrogen-bond acceptors (Lipinski definition) is 1. The number of anilines is 1. The zero-order valence-corrected chi connectivity index (χ0v) is 11.3. The summed E-state index contributed by atoms with van der Waals surface area (Å²) in [6.07, 6.45) is 9.18. The van der Waals surface area contributed by atoms with Gasteiger partial charge in [-0.1, -0.05) is 56.4 Å². The lowest BCUT2D eigenvalue weighted by atomic mass is 9.92. The summed E-state index contributed by atoms with van der Waals surface area (Å²) >= 11 is 0. The lowest BCUT2D eigenvalue weighted by Gasteiger charge is -2.29. The summed E-state index contributed by atoms with van der Waals surface area (Å²) in [5.41, 5.74) is 5.61. The molecule has 1 aromatic rings. The maximum absolute atomic E-state index is 2.32. The minimum atomic E-state index is 0.144. The molecular weight excluding hydrogens is 218 g/mol. The second-order valence-electron chi connectivity index (χ2n) is 5.80. The van der Waals surface area contributed by atoms with Crippen LogP contribution in [0.5, 0.6) is 0 Å². The number of para-hydroxylation sites is 1. The van der Waals surface area contributed by atoms with E-state index in [2.05, 4.69) is 74.4 Å². The molecule has 0 atom stereocenters. The molecular formula is C17H19N. The fraction of sp³-hybridized carbons (Fsp3) is 0.294. The van der Waals surface area contributed by atoms with Crippen molar-refractivity contribution in [2.24, 2.45) is 5.41 Å². The molecule has 0 fully saturated rings. The SMILES string of the molecule is CN1CC2=C(C=CC(C)(C)C=C2)c2ccccc21. The monoisotopic (exact) mass is 237 g/mol. The van der Waals surface area contributed by atoms with Gasteiger partial charge in [0.1, 0.15) is 0 Å². The van der Waals surface area contributed by atoms with Crippen LogP contribution in [0.15, 0.2) is 54.1 Å². The van der Waals surface area contributed by atoms with Gasteiger partial charge in [-0.25, -0.2) is 0 Å². The lowest BCUT2D eigenvalue weighted by molar-refractivity contribution is 0.627. The molecule has 0 spiro atoms. The highest BCUT2D eigenvalue weighted by molar-refractivity contribution is 5.89. The molecule has 92 valence electrons. The van der Waals surface area contributed by atoms with E-state index < -0.39 is 0 Å². The molecule has 0 bridgehead atoms. The van der Waals surface area contributed by atoms with E-state index in [1.165, 1.54) is 22.4 Å². The normalized spacial score (nSPS) is 20.5. The summed E-state index contributed by atoms with van der Waals surface area (Å²) in [5, 5.41) is 0. The number of nitrogens with zero attached hydrogens (tertiary/aromatic N) is 1. The van der Waals surface area contributed by atoms with Crippen LogP contribution < -0.4 is 4.90 Å². The zero-order chi connectivity index (χ0) is 12.8. The largest absolute Gasteiger partial charge is 0.370 e. The Morgan fingerprint density at radius 3 is 2.61 bits per heavy atom. The summed E-state index contributed by atoms with van der Waals surface area (Å²) in [6, 6.07) is 8.65. The van der Waals surface area contributed by atoms with Gasteiger partial charge in [-0.05, 0) is 17.2 Å². The number of allylic oxidation sites excluding steroid dienone is 4. The van der Waals surface area contributed by atoms with Gasteiger partial charge in [-0.2, -0.15) is 0 Å². The van der Waals surface area contributed by atoms with Gasteiger partial charge < -0.3 is 4.90 Å². The molecule has 0 amide bonds. The van der Waals surface area contributed by atoms with Crippen LogP contribution in [0.1, 0.15) is 19.4 Å². The highest BCUT2D eigenvalue weighted by Gasteiger charge is 2.22. The van der Waals surface area contributed by atoms with Crippen molar-refractivity contribution < 1.29 is 0 Å². The molecule has 1 aromatic carbocycles. The Kier molecular flexibility index (Phi) is 2.44. The van der Waals surface area contributed by atoms with Crippen molar-refractivity contribution in [2.45, 2.75) is 13.8 Å². The first-order valence-corrected chi connectivity index (χ1v) is 6.49. The van der Waals surface area contributed by atoms with Crippen molar-refractivity contribution in [3.8, 4) is 0 Å². The van der Waals surface area contributed by atoms with Crippen molar-refractivity contribution >= 4 is 11.3 Å². The van der Waals surface area contributed by atoms with Gasteiger partial charge in [0.15, 0.2) is 0 Å². The summed E-state index contributed by atoms with van der Waals surface area (Å²) in [7, 11) is 2.16. The molecule has 1 aliphatic carbocycles. The molecule has 1 heterocycles. The van der Waals surface area contributed by atoms with E-state index in [0.717, 1.165) is 6.54 Å². The van der Waals surface area contributed by atoms with E-state index in [-0.39, 0.29) is 5.41 Å². The van der Waals surface area contributed by atoms with Gasteiger partial charge in [0.05, 0.1) is 0 Å². The minimum Gasteiger partial charge on any atom is -0.370 e. The van der Waals surface area contributed by atoms with Gasteiger partial charge in [0.25, 0.3) is 0 Å². The molecule has 1 nitrogen and oxygen atoms in total. The van der Waals surface area contributed by atoms with Gasteiger partial charge in [0.2, 0.25) is 0 Å². The van der Waals surface area contributed by atoms with E-state index in [0.29, 0.717) is 0 Å². The molecule has 0 saturated heterocycles. The van der Waals surface area contributed by atoms with Crippen molar-refractivity contribution in [1.82, 2.24) is 0 Å². The molecule has 1 aliphatic heterocycles. The predicted molar refractivity (Wildman–Crippen MR) is 78.7 cm³/mol. The Hall–Kier alpha value is -1.76. The quantitative estimate of drug-likeness (QED) is 0.658. The Bertz CT molecular complexity index is 573. The van der Waals surface area contributed by atoms with Gasteiger partial charge in [0, 0.05) is 30.3 Å². The van der Waals surface area contributed by atoms with Crippen LogP contribution in [0, 0.1) is 5.41 Å². The Balaban J connectivity index is 2.18.